The van der Waals surface area contributed by atoms with Crippen molar-refractivity contribution in [3.8, 4) is 23.1 Å². The molecule has 30 heavy (non-hydrogen) atoms. The topological polar surface area (TPSA) is 69.8 Å². The molecule has 0 radical (unpaired) electrons. The molecule has 0 saturated carbocycles. The fourth-order valence-electron chi connectivity index (χ4n) is 3.63. The van der Waals surface area contributed by atoms with Gasteiger partial charge in [0.1, 0.15) is 0 Å². The molecule has 1 saturated heterocycles. The smallest absolute Gasteiger partial charge is 0.219 e. The Kier molecular flexibility index (Phi) is 6.18. The highest BCUT2D eigenvalue weighted by molar-refractivity contribution is 5.83. The number of benzene rings is 2. The van der Waals surface area contributed by atoms with Crippen LogP contribution in [0.3, 0.4) is 0 Å². The molecule has 3 aromatic rings. The molecular weight excluding hydrogens is 385 g/mol. The summed E-state index contributed by atoms with van der Waals surface area (Å²) in [4.78, 5) is 6.96. The van der Waals surface area contributed by atoms with Gasteiger partial charge in [0.05, 0.1) is 19.2 Å². The number of ether oxygens (including phenoxy) is 3. The molecule has 4 rings (SSSR count). The third-order valence-electron chi connectivity index (χ3n) is 5.19. The van der Waals surface area contributed by atoms with Gasteiger partial charge in [-0.1, -0.05) is 0 Å². The van der Waals surface area contributed by atoms with E-state index in [0.717, 1.165) is 18.4 Å². The molecule has 0 amide bonds. The van der Waals surface area contributed by atoms with Gasteiger partial charge in [0, 0.05) is 35.8 Å². The van der Waals surface area contributed by atoms with Crippen LogP contribution in [0.25, 0.3) is 10.9 Å². The lowest BCUT2D eigenvalue weighted by atomic mass is 10.2. The Morgan fingerprint density at radius 3 is 2.63 bits per heavy atom. The molecule has 0 bridgehead atoms. The molecule has 158 valence electrons. The molecule has 0 aliphatic carbocycles. The zero-order valence-electron chi connectivity index (χ0n) is 17.1. The first kappa shape index (κ1) is 20.2. The van der Waals surface area contributed by atoms with Gasteiger partial charge < -0.3 is 24.8 Å². The Bertz CT molecular complexity index is 1020. The van der Waals surface area contributed by atoms with Gasteiger partial charge in [0.25, 0.3) is 0 Å². The van der Waals surface area contributed by atoms with Crippen molar-refractivity contribution < 1.29 is 18.6 Å². The lowest BCUT2D eigenvalue weighted by Gasteiger charge is -2.16. The summed E-state index contributed by atoms with van der Waals surface area (Å²) in [6.45, 7) is 4.01. The lowest BCUT2D eigenvalue weighted by Crippen LogP contribution is -2.21. The highest BCUT2D eigenvalue weighted by Gasteiger charge is 2.13. The van der Waals surface area contributed by atoms with Crippen molar-refractivity contribution in [2.75, 3.05) is 39.1 Å². The first-order valence-electron chi connectivity index (χ1n) is 10.2. The second-order valence-corrected chi connectivity index (χ2v) is 7.39. The molecule has 1 aromatic heterocycles. The summed E-state index contributed by atoms with van der Waals surface area (Å²) < 4.78 is 31.1. The van der Waals surface area contributed by atoms with Crippen LogP contribution in [0, 0.1) is 5.82 Å². The number of aromatic nitrogens is 1. The molecular formula is C23H26FN3O3. The molecule has 6 nitrogen and oxygen atoms in total. The number of anilines is 1. The molecule has 2 N–H and O–H groups in total. The first-order chi connectivity index (χ1) is 14.6. The van der Waals surface area contributed by atoms with Gasteiger partial charge in [-0.05, 0) is 56.6 Å². The van der Waals surface area contributed by atoms with E-state index >= 15 is 0 Å². The van der Waals surface area contributed by atoms with E-state index in [4.69, 9.17) is 19.9 Å². The highest BCUT2D eigenvalue weighted by atomic mass is 19.1. The van der Waals surface area contributed by atoms with Crippen molar-refractivity contribution in [2.24, 2.45) is 0 Å². The predicted molar refractivity (Wildman–Crippen MR) is 115 cm³/mol. The number of halogens is 1. The Balaban J connectivity index is 1.48. The van der Waals surface area contributed by atoms with Crippen molar-refractivity contribution in [3.05, 3.63) is 48.3 Å². The number of rotatable bonds is 8. The molecule has 7 heteroatoms. The van der Waals surface area contributed by atoms with E-state index in [-0.39, 0.29) is 11.6 Å². The zero-order chi connectivity index (χ0) is 20.9. The molecule has 1 aliphatic rings. The maximum Gasteiger partial charge on any atom is 0.219 e. The normalized spacial score (nSPS) is 14.2. The molecule has 0 unspecified atom stereocenters. The van der Waals surface area contributed by atoms with Crippen LogP contribution >= 0.6 is 0 Å². The fraction of sp³-hybridized carbons (Fsp3) is 0.348. The summed E-state index contributed by atoms with van der Waals surface area (Å²) in [5.74, 6) is 1.12. The van der Waals surface area contributed by atoms with E-state index in [2.05, 4.69) is 9.88 Å². The van der Waals surface area contributed by atoms with E-state index in [1.54, 1.807) is 19.2 Å². The van der Waals surface area contributed by atoms with Crippen LogP contribution < -0.4 is 19.9 Å². The molecule has 1 aliphatic heterocycles. The lowest BCUT2D eigenvalue weighted by molar-refractivity contribution is 0.254. The number of hydrogen-bond acceptors (Lipinski definition) is 6. The maximum atomic E-state index is 14.0. The third-order valence-corrected chi connectivity index (χ3v) is 5.19. The molecule has 0 spiro atoms. The van der Waals surface area contributed by atoms with Crippen molar-refractivity contribution in [1.29, 1.82) is 0 Å². The minimum Gasteiger partial charge on any atom is -0.493 e. The maximum absolute atomic E-state index is 14.0. The van der Waals surface area contributed by atoms with E-state index in [1.807, 2.05) is 18.2 Å². The van der Waals surface area contributed by atoms with Crippen molar-refractivity contribution >= 4 is 16.6 Å². The Labute approximate surface area is 175 Å². The number of fused-ring (bicyclic) bond motifs is 1. The van der Waals surface area contributed by atoms with E-state index in [1.165, 1.54) is 38.1 Å². The number of methoxy groups -OCH3 is 1. The summed E-state index contributed by atoms with van der Waals surface area (Å²) in [5, 5.41) is 0.876. The SMILES string of the molecule is COc1cc2ccc(Oc3ccc(N)cc3F)nc2cc1OCCCN1CCCC1. The standard InChI is InChI=1S/C23H26FN3O3/c1-28-21-13-16-5-8-23(30-20-7-6-17(25)14-18(20)24)26-19(16)15-22(21)29-12-4-11-27-9-2-3-10-27/h5-8,13-15H,2-4,9-12,25H2,1H3. The molecule has 2 aromatic carbocycles. The number of nitrogens with zero attached hydrogens (tertiary/aromatic N) is 2. The van der Waals surface area contributed by atoms with E-state index in [9.17, 15) is 4.39 Å². The van der Waals surface area contributed by atoms with E-state index in [0.29, 0.717) is 29.3 Å². The monoisotopic (exact) mass is 411 g/mol. The number of hydrogen-bond donors (Lipinski definition) is 1. The second-order valence-electron chi connectivity index (χ2n) is 7.39. The number of nitrogen functional groups attached to an aromatic ring is 1. The average molecular weight is 411 g/mol. The van der Waals surface area contributed by atoms with Gasteiger partial charge in [0.2, 0.25) is 5.88 Å². The van der Waals surface area contributed by atoms with Gasteiger partial charge >= 0.3 is 0 Å². The number of nitrogens with two attached hydrogens (primary N) is 1. The summed E-state index contributed by atoms with van der Waals surface area (Å²) in [5.41, 5.74) is 6.60. The van der Waals surface area contributed by atoms with Crippen LogP contribution in [0.5, 0.6) is 23.1 Å². The van der Waals surface area contributed by atoms with Gasteiger partial charge in [0.15, 0.2) is 23.1 Å². The highest BCUT2D eigenvalue weighted by Crippen LogP contribution is 2.33. The Morgan fingerprint density at radius 2 is 1.87 bits per heavy atom. The predicted octanol–water partition coefficient (Wildman–Crippen LogP) is 4.62. The van der Waals surface area contributed by atoms with Gasteiger partial charge in [-0.15, -0.1) is 0 Å². The summed E-state index contributed by atoms with van der Waals surface area (Å²) in [6, 6.07) is 11.5. The minimum absolute atomic E-state index is 0.0722. The summed E-state index contributed by atoms with van der Waals surface area (Å²) in [7, 11) is 1.62. The van der Waals surface area contributed by atoms with Crippen molar-refractivity contribution in [3.63, 3.8) is 0 Å². The van der Waals surface area contributed by atoms with Crippen LogP contribution in [0.1, 0.15) is 19.3 Å². The first-order valence-corrected chi connectivity index (χ1v) is 10.2. The van der Waals surface area contributed by atoms with Crippen LogP contribution in [0.4, 0.5) is 10.1 Å². The fourth-order valence-corrected chi connectivity index (χ4v) is 3.63. The van der Waals surface area contributed by atoms with Crippen LogP contribution in [0.2, 0.25) is 0 Å². The number of pyridine rings is 1. The molecule has 2 heterocycles. The van der Waals surface area contributed by atoms with Gasteiger partial charge in [-0.3, -0.25) is 0 Å². The van der Waals surface area contributed by atoms with Crippen LogP contribution in [-0.2, 0) is 0 Å². The average Bonchev–Trinajstić information content (AvgIpc) is 3.26. The third kappa shape index (κ3) is 4.74. The Morgan fingerprint density at radius 1 is 1.03 bits per heavy atom. The zero-order valence-corrected chi connectivity index (χ0v) is 17.1. The molecule has 0 atom stereocenters. The largest absolute Gasteiger partial charge is 0.493 e. The summed E-state index contributed by atoms with van der Waals surface area (Å²) in [6.07, 6.45) is 3.53. The van der Waals surface area contributed by atoms with Crippen molar-refractivity contribution in [1.82, 2.24) is 9.88 Å². The number of likely N-dealkylation sites (tertiary alicyclic amines) is 1. The molecule has 1 fully saturated rings. The van der Waals surface area contributed by atoms with Crippen LogP contribution in [-0.4, -0.2) is 43.2 Å². The van der Waals surface area contributed by atoms with E-state index < -0.39 is 5.82 Å². The quantitative estimate of drug-likeness (QED) is 0.431. The summed E-state index contributed by atoms with van der Waals surface area (Å²) >= 11 is 0. The minimum atomic E-state index is -0.534. The Hall–Kier alpha value is -3.06. The second kappa shape index (κ2) is 9.17. The van der Waals surface area contributed by atoms with Gasteiger partial charge in [-0.2, -0.15) is 0 Å². The van der Waals surface area contributed by atoms with Gasteiger partial charge in [-0.25, -0.2) is 9.37 Å². The van der Waals surface area contributed by atoms with Crippen LogP contribution in [0.15, 0.2) is 42.5 Å². The van der Waals surface area contributed by atoms with Crippen molar-refractivity contribution in [2.45, 2.75) is 19.3 Å².